The van der Waals surface area contributed by atoms with E-state index in [-0.39, 0.29) is 5.69 Å². The zero-order chi connectivity index (χ0) is 15.7. The molecule has 3 rings (SSSR count). The summed E-state index contributed by atoms with van der Waals surface area (Å²) < 4.78 is 2.87. The fourth-order valence-electron chi connectivity index (χ4n) is 2.49. The third-order valence-electron chi connectivity index (χ3n) is 3.46. The smallest absolute Gasteiger partial charge is 0.352 e. The van der Waals surface area contributed by atoms with E-state index in [0.29, 0.717) is 17.9 Å². The highest BCUT2D eigenvalue weighted by Crippen LogP contribution is 2.19. The Balaban J connectivity index is 2.31. The van der Waals surface area contributed by atoms with Gasteiger partial charge in [0.25, 0.3) is 5.56 Å². The van der Waals surface area contributed by atoms with Crippen molar-refractivity contribution < 1.29 is 9.90 Å². The largest absolute Gasteiger partial charge is 0.477 e. The maximum Gasteiger partial charge on any atom is 0.352 e. The van der Waals surface area contributed by atoms with E-state index in [9.17, 15) is 14.7 Å². The summed E-state index contributed by atoms with van der Waals surface area (Å²) in [5.41, 5.74) is 1.56. The molecule has 0 aliphatic heterocycles. The van der Waals surface area contributed by atoms with E-state index in [1.54, 1.807) is 10.6 Å². The van der Waals surface area contributed by atoms with E-state index in [0.717, 1.165) is 18.1 Å². The Labute approximate surface area is 126 Å². The van der Waals surface area contributed by atoms with Gasteiger partial charge in [-0.3, -0.25) is 4.79 Å². The Morgan fingerprint density at radius 2 is 1.95 bits per heavy atom. The highest BCUT2D eigenvalue weighted by atomic mass is 16.4. The maximum atomic E-state index is 12.1. The SMILES string of the molecule is CCCn1c(C(=O)O)cc(=O)n2nc(-c3ccccc3)cc12. The molecule has 2 aromatic heterocycles. The minimum atomic E-state index is -1.12. The summed E-state index contributed by atoms with van der Waals surface area (Å²) in [6, 6.07) is 12.3. The van der Waals surface area contributed by atoms with Crippen LogP contribution in [0.15, 0.2) is 47.3 Å². The summed E-state index contributed by atoms with van der Waals surface area (Å²) in [7, 11) is 0. The fourth-order valence-corrected chi connectivity index (χ4v) is 2.49. The van der Waals surface area contributed by atoms with Gasteiger partial charge in [0, 0.05) is 24.2 Å². The Morgan fingerprint density at radius 3 is 2.59 bits per heavy atom. The molecule has 6 nitrogen and oxygen atoms in total. The molecule has 0 fully saturated rings. The van der Waals surface area contributed by atoms with Crippen LogP contribution in [0.1, 0.15) is 23.8 Å². The molecule has 2 heterocycles. The first kappa shape index (κ1) is 14.1. The van der Waals surface area contributed by atoms with E-state index in [1.807, 2.05) is 37.3 Å². The number of aromatic nitrogens is 3. The van der Waals surface area contributed by atoms with Gasteiger partial charge in [0.05, 0.1) is 5.69 Å². The van der Waals surface area contributed by atoms with Crippen LogP contribution in [0.4, 0.5) is 0 Å². The molecule has 22 heavy (non-hydrogen) atoms. The Morgan fingerprint density at radius 1 is 1.23 bits per heavy atom. The molecule has 0 saturated heterocycles. The predicted octanol–water partition coefficient (Wildman–Crippen LogP) is 2.27. The minimum absolute atomic E-state index is 0.0149. The van der Waals surface area contributed by atoms with Crippen LogP contribution in [0, 0.1) is 0 Å². The van der Waals surface area contributed by atoms with Gasteiger partial charge < -0.3 is 9.67 Å². The van der Waals surface area contributed by atoms with Gasteiger partial charge >= 0.3 is 5.97 Å². The molecule has 0 spiro atoms. The Bertz CT molecular complexity index is 894. The van der Waals surface area contributed by atoms with Gasteiger partial charge in [0.2, 0.25) is 0 Å². The Kier molecular flexibility index (Phi) is 3.50. The first-order valence-electron chi connectivity index (χ1n) is 7.04. The lowest BCUT2D eigenvalue weighted by Crippen LogP contribution is -2.23. The molecule has 112 valence electrons. The second-order valence-electron chi connectivity index (χ2n) is 4.99. The molecule has 0 radical (unpaired) electrons. The highest BCUT2D eigenvalue weighted by molar-refractivity contribution is 5.86. The second-order valence-corrected chi connectivity index (χ2v) is 4.99. The predicted molar refractivity (Wildman–Crippen MR) is 82.1 cm³/mol. The van der Waals surface area contributed by atoms with Crippen molar-refractivity contribution in [3.63, 3.8) is 0 Å². The van der Waals surface area contributed by atoms with E-state index in [4.69, 9.17) is 0 Å². The molecule has 0 unspecified atom stereocenters. The van der Waals surface area contributed by atoms with Crippen molar-refractivity contribution in [1.82, 2.24) is 14.2 Å². The molecule has 0 atom stereocenters. The lowest BCUT2D eigenvalue weighted by atomic mass is 10.2. The molecule has 1 aromatic carbocycles. The number of benzene rings is 1. The molecule has 3 aromatic rings. The van der Waals surface area contributed by atoms with Crippen LogP contribution in [0.5, 0.6) is 0 Å². The van der Waals surface area contributed by atoms with Crippen molar-refractivity contribution in [2.24, 2.45) is 0 Å². The number of hydrogen-bond donors (Lipinski definition) is 1. The maximum absolute atomic E-state index is 12.1. The summed E-state index contributed by atoms with van der Waals surface area (Å²) in [6.07, 6.45) is 0.755. The van der Waals surface area contributed by atoms with Gasteiger partial charge in [0.15, 0.2) is 0 Å². The van der Waals surface area contributed by atoms with E-state index < -0.39 is 11.5 Å². The van der Waals surface area contributed by atoms with Crippen molar-refractivity contribution in [3.05, 3.63) is 58.5 Å². The van der Waals surface area contributed by atoms with Crippen molar-refractivity contribution >= 4 is 11.6 Å². The van der Waals surface area contributed by atoms with Crippen LogP contribution in [0.2, 0.25) is 0 Å². The molecule has 1 N–H and O–H groups in total. The van der Waals surface area contributed by atoms with Crippen molar-refractivity contribution in [2.75, 3.05) is 0 Å². The number of nitrogens with zero attached hydrogens (tertiary/aromatic N) is 3. The van der Waals surface area contributed by atoms with Gasteiger partial charge in [-0.05, 0) is 6.42 Å². The van der Waals surface area contributed by atoms with Crippen LogP contribution < -0.4 is 5.56 Å². The molecule has 0 aliphatic carbocycles. The lowest BCUT2D eigenvalue weighted by molar-refractivity contribution is 0.0684. The van der Waals surface area contributed by atoms with Crippen molar-refractivity contribution in [3.8, 4) is 11.3 Å². The molecule has 6 heteroatoms. The van der Waals surface area contributed by atoms with Gasteiger partial charge in [-0.2, -0.15) is 9.61 Å². The molecule has 0 bridgehead atoms. The Hall–Kier alpha value is -2.89. The number of hydrogen-bond acceptors (Lipinski definition) is 3. The van der Waals surface area contributed by atoms with Gasteiger partial charge in [-0.1, -0.05) is 37.3 Å². The summed E-state index contributed by atoms with van der Waals surface area (Å²) in [5.74, 6) is -1.12. The summed E-state index contributed by atoms with van der Waals surface area (Å²) in [6.45, 7) is 2.46. The summed E-state index contributed by atoms with van der Waals surface area (Å²) in [4.78, 5) is 23.5. The third kappa shape index (κ3) is 2.28. The van der Waals surface area contributed by atoms with Crippen LogP contribution in [0.3, 0.4) is 0 Å². The van der Waals surface area contributed by atoms with E-state index in [1.165, 1.54) is 4.52 Å². The molecule has 0 amide bonds. The number of aryl methyl sites for hydroxylation is 1. The number of aromatic carboxylic acids is 1. The second kappa shape index (κ2) is 5.48. The van der Waals surface area contributed by atoms with Gasteiger partial charge in [0.1, 0.15) is 11.3 Å². The van der Waals surface area contributed by atoms with Gasteiger partial charge in [-0.25, -0.2) is 4.79 Å². The van der Waals surface area contributed by atoms with Crippen LogP contribution in [-0.4, -0.2) is 25.3 Å². The molecular formula is C16H15N3O3. The third-order valence-corrected chi connectivity index (χ3v) is 3.46. The minimum Gasteiger partial charge on any atom is -0.477 e. The quantitative estimate of drug-likeness (QED) is 0.801. The highest BCUT2D eigenvalue weighted by Gasteiger charge is 2.16. The average Bonchev–Trinajstić information content (AvgIpc) is 2.96. The number of fused-ring (bicyclic) bond motifs is 1. The summed E-state index contributed by atoms with van der Waals surface area (Å²) >= 11 is 0. The number of carbonyl (C=O) groups is 1. The average molecular weight is 297 g/mol. The van der Waals surface area contributed by atoms with E-state index >= 15 is 0 Å². The van der Waals surface area contributed by atoms with E-state index in [2.05, 4.69) is 5.10 Å². The topological polar surface area (TPSA) is 76.6 Å². The fraction of sp³-hybridized carbons (Fsp3) is 0.188. The molecule has 0 saturated carbocycles. The number of rotatable bonds is 4. The summed E-state index contributed by atoms with van der Waals surface area (Å²) in [5, 5.41) is 13.6. The number of carboxylic acids is 1. The normalized spacial score (nSPS) is 11.0. The molecular weight excluding hydrogens is 282 g/mol. The van der Waals surface area contributed by atoms with Crippen molar-refractivity contribution in [1.29, 1.82) is 0 Å². The van der Waals surface area contributed by atoms with Crippen LogP contribution in [-0.2, 0) is 6.54 Å². The first-order valence-corrected chi connectivity index (χ1v) is 7.04. The van der Waals surface area contributed by atoms with Crippen molar-refractivity contribution in [2.45, 2.75) is 19.9 Å². The first-order chi connectivity index (χ1) is 10.6. The zero-order valence-corrected chi connectivity index (χ0v) is 12.1. The standard InChI is InChI=1S/C16H15N3O3/c1-2-8-18-13(16(21)22)10-15(20)19-14(18)9-12(17-19)11-6-4-3-5-7-11/h3-7,9-10H,2,8H2,1H3,(H,21,22). The lowest BCUT2D eigenvalue weighted by Gasteiger charge is -2.10. The zero-order valence-electron chi connectivity index (χ0n) is 12.1. The monoisotopic (exact) mass is 297 g/mol. The van der Waals surface area contributed by atoms with Gasteiger partial charge in [-0.15, -0.1) is 0 Å². The van der Waals surface area contributed by atoms with Crippen LogP contribution in [0.25, 0.3) is 16.9 Å². The number of carboxylic acid groups (broad SMARTS) is 1. The molecule has 0 aliphatic rings. The van der Waals surface area contributed by atoms with Crippen LogP contribution >= 0.6 is 0 Å².